The zero-order valence-electron chi connectivity index (χ0n) is 16.9. The number of nitrogens with one attached hydrogen (secondary N) is 1. The Labute approximate surface area is 179 Å². The summed E-state index contributed by atoms with van der Waals surface area (Å²) in [6.07, 6.45) is 0.976. The molecule has 3 aromatic rings. The van der Waals surface area contributed by atoms with Crippen molar-refractivity contribution in [2.24, 2.45) is 0 Å². The van der Waals surface area contributed by atoms with Crippen molar-refractivity contribution in [2.45, 2.75) is 30.7 Å². The zero-order valence-corrected chi connectivity index (χ0v) is 17.7. The van der Waals surface area contributed by atoms with Crippen molar-refractivity contribution in [3.63, 3.8) is 0 Å². The Kier molecular flexibility index (Phi) is 5.88. The van der Waals surface area contributed by atoms with Gasteiger partial charge in [-0.2, -0.15) is 4.31 Å². The van der Waals surface area contributed by atoms with Gasteiger partial charge in [0.2, 0.25) is 15.8 Å². The Bertz CT molecular complexity index is 1180. The second-order valence-corrected chi connectivity index (χ2v) is 9.49. The highest BCUT2D eigenvalue weighted by atomic mass is 32.2. The Hall–Kier alpha value is -3.04. The number of amides is 1. The van der Waals surface area contributed by atoms with E-state index in [1.165, 1.54) is 22.5 Å². The van der Waals surface area contributed by atoms with Crippen molar-refractivity contribution < 1.29 is 22.1 Å². The SMILES string of the molecule is Cc1ccc(S(=O)(=O)N2CCC(NC(=O)c3cc(-c4cccc(F)c4)no3)CC2)cc1. The standard InChI is InChI=1S/C22H22FN3O4S/c1-15-5-7-19(8-6-15)31(28,29)26-11-9-18(10-12-26)24-22(27)21-14-20(25-30-21)16-3-2-4-17(23)13-16/h2-8,13-14,18H,9-12H2,1H3,(H,24,27). The molecule has 0 radical (unpaired) electrons. The normalized spacial score (nSPS) is 15.7. The number of nitrogens with zero attached hydrogens (tertiary/aromatic N) is 2. The average molecular weight is 444 g/mol. The minimum atomic E-state index is -3.55. The van der Waals surface area contributed by atoms with Crippen LogP contribution in [0, 0.1) is 12.7 Å². The van der Waals surface area contributed by atoms with Crippen LogP contribution in [0.5, 0.6) is 0 Å². The molecule has 0 saturated carbocycles. The molecular formula is C22H22FN3O4S. The van der Waals surface area contributed by atoms with Gasteiger partial charge < -0.3 is 9.84 Å². The molecule has 1 aliphatic rings. The zero-order chi connectivity index (χ0) is 22.0. The van der Waals surface area contributed by atoms with Crippen LogP contribution in [-0.4, -0.2) is 42.9 Å². The van der Waals surface area contributed by atoms with E-state index in [4.69, 9.17) is 4.52 Å². The molecule has 0 unspecified atom stereocenters. The first-order valence-electron chi connectivity index (χ1n) is 9.93. The summed E-state index contributed by atoms with van der Waals surface area (Å²) in [6, 6.07) is 13.9. The molecule has 0 atom stereocenters. The lowest BCUT2D eigenvalue weighted by atomic mass is 10.1. The molecule has 1 saturated heterocycles. The fourth-order valence-electron chi connectivity index (χ4n) is 3.52. The van der Waals surface area contributed by atoms with Crippen LogP contribution < -0.4 is 5.32 Å². The fraction of sp³-hybridized carbons (Fsp3) is 0.273. The molecule has 162 valence electrons. The van der Waals surface area contributed by atoms with Gasteiger partial charge in [0.25, 0.3) is 5.91 Å². The number of hydrogen-bond donors (Lipinski definition) is 1. The summed E-state index contributed by atoms with van der Waals surface area (Å²) >= 11 is 0. The number of sulfonamides is 1. The second kappa shape index (κ2) is 8.60. The van der Waals surface area contributed by atoms with E-state index in [-0.39, 0.29) is 16.7 Å². The van der Waals surface area contributed by atoms with E-state index in [1.807, 2.05) is 6.92 Å². The Morgan fingerprint density at radius 1 is 1.13 bits per heavy atom. The first kappa shape index (κ1) is 21.2. The van der Waals surface area contributed by atoms with Gasteiger partial charge in [0.15, 0.2) is 0 Å². The van der Waals surface area contributed by atoms with E-state index in [1.54, 1.807) is 36.4 Å². The summed E-state index contributed by atoms with van der Waals surface area (Å²) < 4.78 is 45.5. The molecule has 1 fully saturated rings. The van der Waals surface area contributed by atoms with Crippen molar-refractivity contribution in [1.82, 2.24) is 14.8 Å². The van der Waals surface area contributed by atoms with E-state index < -0.39 is 21.7 Å². The van der Waals surface area contributed by atoms with Crippen molar-refractivity contribution in [3.8, 4) is 11.3 Å². The Morgan fingerprint density at radius 2 is 1.84 bits per heavy atom. The van der Waals surface area contributed by atoms with Crippen LogP contribution in [-0.2, 0) is 10.0 Å². The highest BCUT2D eigenvalue weighted by Gasteiger charge is 2.30. The highest BCUT2D eigenvalue weighted by Crippen LogP contribution is 2.23. The lowest BCUT2D eigenvalue weighted by Crippen LogP contribution is -2.46. The van der Waals surface area contributed by atoms with Gasteiger partial charge in [-0.25, -0.2) is 12.8 Å². The largest absolute Gasteiger partial charge is 0.350 e. The lowest BCUT2D eigenvalue weighted by molar-refractivity contribution is 0.0886. The number of aryl methyl sites for hydroxylation is 1. The maximum absolute atomic E-state index is 13.4. The van der Waals surface area contributed by atoms with Gasteiger partial charge in [-0.3, -0.25) is 4.79 Å². The van der Waals surface area contributed by atoms with Crippen LogP contribution in [0.15, 0.2) is 64.0 Å². The van der Waals surface area contributed by atoms with Gasteiger partial charge in [-0.1, -0.05) is 35.0 Å². The molecule has 9 heteroatoms. The maximum atomic E-state index is 13.4. The molecule has 2 aromatic carbocycles. The third-order valence-corrected chi connectivity index (χ3v) is 7.22. The monoisotopic (exact) mass is 443 g/mol. The molecular weight excluding hydrogens is 421 g/mol. The van der Waals surface area contributed by atoms with Crippen molar-refractivity contribution in [2.75, 3.05) is 13.1 Å². The molecule has 0 bridgehead atoms. The van der Waals surface area contributed by atoms with Gasteiger partial charge in [0.05, 0.1) is 4.90 Å². The third kappa shape index (κ3) is 4.67. The highest BCUT2D eigenvalue weighted by molar-refractivity contribution is 7.89. The first-order valence-corrected chi connectivity index (χ1v) is 11.4. The van der Waals surface area contributed by atoms with E-state index >= 15 is 0 Å². The van der Waals surface area contributed by atoms with Crippen LogP contribution >= 0.6 is 0 Å². The summed E-state index contributed by atoms with van der Waals surface area (Å²) in [4.78, 5) is 12.8. The molecule has 2 heterocycles. The predicted molar refractivity (Wildman–Crippen MR) is 112 cm³/mol. The average Bonchev–Trinajstić information content (AvgIpc) is 3.25. The van der Waals surface area contributed by atoms with E-state index in [0.717, 1.165) is 5.56 Å². The molecule has 1 aromatic heterocycles. The molecule has 1 amide bonds. The number of halogens is 1. The molecule has 1 aliphatic heterocycles. The number of benzene rings is 2. The quantitative estimate of drug-likeness (QED) is 0.653. The molecule has 4 rings (SSSR count). The van der Waals surface area contributed by atoms with E-state index in [2.05, 4.69) is 10.5 Å². The second-order valence-electron chi connectivity index (χ2n) is 7.55. The van der Waals surface area contributed by atoms with Gasteiger partial charge >= 0.3 is 0 Å². The number of carbonyl (C=O) groups excluding carboxylic acids is 1. The number of piperidine rings is 1. The summed E-state index contributed by atoms with van der Waals surface area (Å²) in [6.45, 7) is 2.53. The van der Waals surface area contributed by atoms with Gasteiger partial charge in [0, 0.05) is 30.8 Å². The van der Waals surface area contributed by atoms with Crippen LogP contribution in [0.1, 0.15) is 29.0 Å². The molecule has 1 N–H and O–H groups in total. The number of aromatic nitrogens is 1. The first-order chi connectivity index (χ1) is 14.8. The number of hydrogen-bond acceptors (Lipinski definition) is 5. The van der Waals surface area contributed by atoms with E-state index in [9.17, 15) is 17.6 Å². The van der Waals surface area contributed by atoms with Crippen molar-refractivity contribution in [1.29, 1.82) is 0 Å². The van der Waals surface area contributed by atoms with Crippen LogP contribution in [0.3, 0.4) is 0 Å². The van der Waals surface area contributed by atoms with E-state index in [0.29, 0.717) is 37.2 Å². The van der Waals surface area contributed by atoms with Crippen LogP contribution in [0.25, 0.3) is 11.3 Å². The summed E-state index contributed by atoms with van der Waals surface area (Å²) in [5.41, 5.74) is 1.87. The minimum absolute atomic E-state index is 0.0222. The lowest BCUT2D eigenvalue weighted by Gasteiger charge is -2.31. The van der Waals surface area contributed by atoms with Gasteiger partial charge in [-0.05, 0) is 44.0 Å². The molecule has 7 nitrogen and oxygen atoms in total. The van der Waals surface area contributed by atoms with Crippen molar-refractivity contribution in [3.05, 3.63) is 71.7 Å². The maximum Gasteiger partial charge on any atom is 0.290 e. The summed E-state index contributed by atoms with van der Waals surface area (Å²) in [5.74, 6) is -0.817. The molecule has 31 heavy (non-hydrogen) atoms. The summed E-state index contributed by atoms with van der Waals surface area (Å²) in [7, 11) is -3.55. The van der Waals surface area contributed by atoms with Crippen LogP contribution in [0.4, 0.5) is 4.39 Å². The topological polar surface area (TPSA) is 92.5 Å². The minimum Gasteiger partial charge on any atom is -0.350 e. The number of carbonyl (C=O) groups is 1. The molecule has 0 spiro atoms. The molecule has 0 aliphatic carbocycles. The van der Waals surface area contributed by atoms with Gasteiger partial charge in [-0.15, -0.1) is 0 Å². The third-order valence-electron chi connectivity index (χ3n) is 5.30. The number of rotatable bonds is 5. The van der Waals surface area contributed by atoms with Gasteiger partial charge in [0.1, 0.15) is 11.5 Å². The predicted octanol–water partition coefficient (Wildman–Crippen LogP) is 3.37. The fourth-order valence-corrected chi connectivity index (χ4v) is 4.99. The van der Waals surface area contributed by atoms with Crippen molar-refractivity contribution >= 4 is 15.9 Å². The Balaban J connectivity index is 1.36. The van der Waals surface area contributed by atoms with Crippen LogP contribution in [0.2, 0.25) is 0 Å². The summed E-state index contributed by atoms with van der Waals surface area (Å²) in [5, 5.41) is 6.70. The Morgan fingerprint density at radius 3 is 2.52 bits per heavy atom. The smallest absolute Gasteiger partial charge is 0.290 e.